The van der Waals surface area contributed by atoms with Crippen LogP contribution in [0.1, 0.15) is 25.8 Å². The second-order valence-electron chi connectivity index (χ2n) is 5.29. The lowest BCUT2D eigenvalue weighted by Crippen LogP contribution is -2.51. The zero-order valence-electron chi connectivity index (χ0n) is 12.2. The average Bonchev–Trinajstić information content (AvgIpc) is 2.87. The molecule has 5 heteroatoms. The molecule has 0 aliphatic rings. The molecule has 2 N–H and O–H groups in total. The molecule has 1 aromatic carbocycles. The van der Waals surface area contributed by atoms with Gasteiger partial charge < -0.3 is 20.2 Å². The number of hydrogen-bond acceptors (Lipinski definition) is 3. The van der Waals surface area contributed by atoms with E-state index in [1.165, 1.54) is 0 Å². The minimum atomic E-state index is -1.24. The van der Waals surface area contributed by atoms with Gasteiger partial charge in [0, 0.05) is 17.1 Å². The Morgan fingerprint density at radius 2 is 2.05 bits per heavy atom. The van der Waals surface area contributed by atoms with E-state index in [4.69, 9.17) is 0 Å². The first-order valence-corrected chi connectivity index (χ1v) is 7.08. The van der Waals surface area contributed by atoms with E-state index in [9.17, 15) is 14.7 Å². The summed E-state index contributed by atoms with van der Waals surface area (Å²) in [5.41, 5.74) is 1.81. The van der Waals surface area contributed by atoms with Crippen molar-refractivity contribution in [1.82, 2.24) is 10.3 Å². The summed E-state index contributed by atoms with van der Waals surface area (Å²) in [6.07, 6.45) is 2.58. The van der Waals surface area contributed by atoms with Gasteiger partial charge in [-0.05, 0) is 17.5 Å². The number of H-pyrrole nitrogens is 1. The van der Waals surface area contributed by atoms with Gasteiger partial charge in [0.1, 0.15) is 0 Å². The van der Waals surface area contributed by atoms with Crippen molar-refractivity contribution in [3.8, 4) is 0 Å². The second-order valence-corrected chi connectivity index (χ2v) is 5.29. The highest BCUT2D eigenvalue weighted by Crippen LogP contribution is 2.18. The van der Waals surface area contributed by atoms with Gasteiger partial charge in [-0.15, -0.1) is 0 Å². The number of carboxylic acids is 1. The van der Waals surface area contributed by atoms with Crippen molar-refractivity contribution in [2.24, 2.45) is 5.92 Å². The molecule has 0 spiro atoms. The summed E-state index contributed by atoms with van der Waals surface area (Å²) < 4.78 is 0. The summed E-state index contributed by atoms with van der Waals surface area (Å²) >= 11 is 0. The number of rotatable bonds is 6. The minimum Gasteiger partial charge on any atom is -0.548 e. The van der Waals surface area contributed by atoms with Crippen molar-refractivity contribution < 1.29 is 14.7 Å². The predicted molar refractivity (Wildman–Crippen MR) is 78.4 cm³/mol. The number of carbonyl (C=O) groups excluding carboxylic acids is 2. The van der Waals surface area contributed by atoms with Crippen molar-refractivity contribution in [3.63, 3.8) is 0 Å². The summed E-state index contributed by atoms with van der Waals surface area (Å²) in [5, 5.41) is 14.6. The molecule has 1 amide bonds. The molecule has 1 aromatic heterocycles. The molecule has 2 aromatic rings. The van der Waals surface area contributed by atoms with Crippen LogP contribution in [0.2, 0.25) is 0 Å². The lowest BCUT2D eigenvalue weighted by atomic mass is 9.99. The Hall–Kier alpha value is -2.30. The summed E-state index contributed by atoms with van der Waals surface area (Å²) in [5.74, 6) is -1.72. The van der Waals surface area contributed by atoms with Crippen LogP contribution in [0.4, 0.5) is 0 Å². The van der Waals surface area contributed by atoms with Gasteiger partial charge >= 0.3 is 0 Å². The highest BCUT2D eigenvalue weighted by molar-refractivity contribution is 5.90. The Balaban J connectivity index is 2.09. The standard InChI is InChI=1S/C16H20N2O3/c1-3-10(2)15(16(20)21)18-14(19)8-11-9-17-13-7-5-4-6-12(11)13/h4-7,9-10,15,17H,3,8H2,1-2H3,(H,18,19)(H,20,21)/p-1/t10-,15-/m0/s1. The predicted octanol–water partition coefficient (Wildman–Crippen LogP) is 0.991. The monoisotopic (exact) mass is 287 g/mol. The maximum atomic E-state index is 12.1. The van der Waals surface area contributed by atoms with Crippen molar-refractivity contribution in [2.75, 3.05) is 0 Å². The van der Waals surface area contributed by atoms with Crippen LogP contribution in [0.5, 0.6) is 0 Å². The molecule has 0 bridgehead atoms. The van der Waals surface area contributed by atoms with Crippen molar-refractivity contribution in [1.29, 1.82) is 0 Å². The third-order valence-corrected chi connectivity index (χ3v) is 3.81. The number of benzene rings is 1. The molecule has 5 nitrogen and oxygen atoms in total. The first-order valence-electron chi connectivity index (χ1n) is 7.08. The lowest BCUT2D eigenvalue weighted by Gasteiger charge is -2.25. The summed E-state index contributed by atoms with van der Waals surface area (Å²) in [6, 6.07) is 6.73. The van der Waals surface area contributed by atoms with Crippen molar-refractivity contribution in [2.45, 2.75) is 32.7 Å². The molecule has 0 aliphatic heterocycles. The fourth-order valence-electron chi connectivity index (χ4n) is 2.34. The SMILES string of the molecule is CC[C@H](C)[C@H](NC(=O)Cc1c[nH]c2ccccc12)C(=O)[O-]. The molecule has 21 heavy (non-hydrogen) atoms. The first kappa shape index (κ1) is 15.1. The molecule has 1 heterocycles. The Bertz CT molecular complexity index is 648. The van der Waals surface area contributed by atoms with E-state index < -0.39 is 12.0 Å². The molecule has 112 valence electrons. The average molecular weight is 287 g/mol. The molecule has 0 fully saturated rings. The summed E-state index contributed by atoms with van der Waals surface area (Å²) in [4.78, 5) is 26.3. The maximum absolute atomic E-state index is 12.1. The van der Waals surface area contributed by atoms with Crippen molar-refractivity contribution >= 4 is 22.8 Å². The minimum absolute atomic E-state index is 0.143. The smallest absolute Gasteiger partial charge is 0.225 e. The summed E-state index contributed by atoms with van der Waals surface area (Å²) in [7, 11) is 0. The quantitative estimate of drug-likeness (QED) is 0.831. The van der Waals surface area contributed by atoms with Crippen LogP contribution in [0.25, 0.3) is 10.9 Å². The number of hydrogen-bond donors (Lipinski definition) is 2. The Kier molecular flexibility index (Phi) is 4.62. The summed E-state index contributed by atoms with van der Waals surface area (Å²) in [6.45, 7) is 3.67. The molecule has 0 saturated heterocycles. The van der Waals surface area contributed by atoms with Crippen LogP contribution in [0.3, 0.4) is 0 Å². The van der Waals surface area contributed by atoms with Crippen LogP contribution in [-0.2, 0) is 16.0 Å². The number of carbonyl (C=O) groups is 2. The molecule has 2 atom stereocenters. The topological polar surface area (TPSA) is 85.0 Å². The van der Waals surface area contributed by atoms with E-state index in [2.05, 4.69) is 10.3 Å². The van der Waals surface area contributed by atoms with E-state index in [1.54, 1.807) is 13.1 Å². The number of nitrogens with one attached hydrogen (secondary N) is 2. The van der Waals surface area contributed by atoms with Gasteiger partial charge in [0.2, 0.25) is 5.91 Å². The zero-order chi connectivity index (χ0) is 15.4. The molecule has 0 saturated carbocycles. The normalized spacial score (nSPS) is 13.8. The van der Waals surface area contributed by atoms with Gasteiger partial charge in [0.05, 0.1) is 18.4 Å². The zero-order valence-corrected chi connectivity index (χ0v) is 12.2. The van der Waals surface area contributed by atoms with E-state index in [0.29, 0.717) is 6.42 Å². The van der Waals surface area contributed by atoms with E-state index >= 15 is 0 Å². The molecule has 0 aliphatic carbocycles. The molecular weight excluding hydrogens is 268 g/mol. The number of fused-ring (bicyclic) bond motifs is 1. The number of aliphatic carboxylic acids is 1. The molecular formula is C16H19N2O3-. The molecule has 2 rings (SSSR count). The fraction of sp³-hybridized carbons (Fsp3) is 0.375. The van der Waals surface area contributed by atoms with Crippen LogP contribution < -0.4 is 10.4 Å². The van der Waals surface area contributed by atoms with Gasteiger partial charge in [-0.3, -0.25) is 4.79 Å². The van der Waals surface area contributed by atoms with Crippen LogP contribution >= 0.6 is 0 Å². The molecule has 0 unspecified atom stereocenters. The Morgan fingerprint density at radius 1 is 1.33 bits per heavy atom. The van der Waals surface area contributed by atoms with Crippen LogP contribution in [0, 0.1) is 5.92 Å². The van der Waals surface area contributed by atoms with E-state index in [0.717, 1.165) is 16.5 Å². The number of aromatic amines is 1. The lowest BCUT2D eigenvalue weighted by molar-refractivity contribution is -0.309. The van der Waals surface area contributed by atoms with Crippen molar-refractivity contribution in [3.05, 3.63) is 36.0 Å². The maximum Gasteiger partial charge on any atom is 0.225 e. The fourth-order valence-corrected chi connectivity index (χ4v) is 2.34. The molecule has 0 radical (unpaired) electrons. The van der Waals surface area contributed by atoms with Crippen LogP contribution in [0.15, 0.2) is 30.5 Å². The van der Waals surface area contributed by atoms with Gasteiger partial charge in [0.25, 0.3) is 0 Å². The second kappa shape index (κ2) is 6.43. The number of para-hydroxylation sites is 1. The largest absolute Gasteiger partial charge is 0.548 e. The number of aromatic nitrogens is 1. The first-order chi connectivity index (χ1) is 10.0. The number of carboxylic acid groups (broad SMARTS) is 1. The van der Waals surface area contributed by atoms with Gasteiger partial charge in [-0.1, -0.05) is 38.5 Å². The van der Waals surface area contributed by atoms with Crippen LogP contribution in [-0.4, -0.2) is 22.9 Å². The van der Waals surface area contributed by atoms with E-state index in [1.807, 2.05) is 31.2 Å². The Labute approximate surface area is 123 Å². The number of amides is 1. The van der Waals surface area contributed by atoms with E-state index in [-0.39, 0.29) is 18.2 Å². The third kappa shape index (κ3) is 3.42. The highest BCUT2D eigenvalue weighted by Gasteiger charge is 2.20. The van der Waals surface area contributed by atoms with Gasteiger partial charge in [-0.2, -0.15) is 0 Å². The van der Waals surface area contributed by atoms with Gasteiger partial charge in [0.15, 0.2) is 0 Å². The third-order valence-electron chi connectivity index (χ3n) is 3.81. The Morgan fingerprint density at radius 3 is 2.71 bits per heavy atom. The van der Waals surface area contributed by atoms with Gasteiger partial charge in [-0.25, -0.2) is 0 Å². The highest BCUT2D eigenvalue weighted by atomic mass is 16.4.